The molecule has 0 aliphatic carbocycles. The molecule has 0 unspecified atom stereocenters. The van der Waals surface area contributed by atoms with Crippen molar-refractivity contribution >= 4 is 68.0 Å². The standard InChI is InChI=1S/C32H41FN6O9S3/c1-31(2,3)47-28(41)26-27(49-19-36-26)39(18-20-8-10-21(46-7)11-9-20)51(44,45)22-12-13-24(23(33)16-22)37-25(40)17-35-29(42)38-50-15-14-34-30(43)48-32(4,5)6/h8-13,16,19H,14-15,17-18H2,1-7H3,(H,34,43)(H,37,40)(H2,35,38,42). The lowest BCUT2D eigenvalue weighted by Crippen LogP contribution is -2.38. The number of methoxy groups -OCH3 is 1. The molecule has 4 N–H and O–H groups in total. The smallest absolute Gasteiger partial charge is 0.407 e. The van der Waals surface area contributed by atoms with Gasteiger partial charge in [-0.1, -0.05) is 12.1 Å². The van der Waals surface area contributed by atoms with Gasteiger partial charge in [-0.25, -0.2) is 32.2 Å². The monoisotopic (exact) mass is 768 g/mol. The third kappa shape index (κ3) is 12.9. The molecule has 3 aromatic rings. The van der Waals surface area contributed by atoms with Crippen molar-refractivity contribution in [1.82, 2.24) is 20.3 Å². The number of alkyl carbamates (subject to hydrolysis) is 1. The fraction of sp³-hybridized carbons (Fsp3) is 0.406. The van der Waals surface area contributed by atoms with Gasteiger partial charge in [0.1, 0.15) is 27.8 Å². The summed E-state index contributed by atoms with van der Waals surface area (Å²) in [4.78, 5) is 52.8. The van der Waals surface area contributed by atoms with E-state index < -0.39 is 62.5 Å². The Hall–Kier alpha value is -4.62. The van der Waals surface area contributed by atoms with E-state index in [9.17, 15) is 27.6 Å². The van der Waals surface area contributed by atoms with Crippen LogP contribution in [0.5, 0.6) is 5.75 Å². The normalized spacial score (nSPS) is 11.6. The van der Waals surface area contributed by atoms with E-state index in [0.717, 1.165) is 45.8 Å². The maximum Gasteiger partial charge on any atom is 0.407 e. The summed E-state index contributed by atoms with van der Waals surface area (Å²) in [5.74, 6) is -1.84. The van der Waals surface area contributed by atoms with Crippen LogP contribution in [0.3, 0.4) is 0 Å². The van der Waals surface area contributed by atoms with Crippen LogP contribution in [0.2, 0.25) is 0 Å². The van der Waals surface area contributed by atoms with Crippen molar-refractivity contribution in [3.05, 3.63) is 65.0 Å². The highest BCUT2D eigenvalue weighted by Crippen LogP contribution is 2.34. The topological polar surface area (TPSA) is 194 Å². The van der Waals surface area contributed by atoms with Gasteiger partial charge in [0.25, 0.3) is 10.0 Å². The summed E-state index contributed by atoms with van der Waals surface area (Å²) in [7, 11) is -3.05. The number of benzene rings is 2. The van der Waals surface area contributed by atoms with Gasteiger partial charge in [-0.05, 0) is 89.4 Å². The largest absolute Gasteiger partial charge is 0.497 e. The molecular formula is C32H41FN6O9S3. The fourth-order valence-electron chi connectivity index (χ4n) is 3.96. The minimum absolute atomic E-state index is 0.0420. The first-order chi connectivity index (χ1) is 23.8. The second kappa shape index (κ2) is 17.5. The first kappa shape index (κ1) is 40.8. The summed E-state index contributed by atoms with van der Waals surface area (Å²) in [6.45, 7) is 9.59. The molecule has 0 atom stereocenters. The van der Waals surface area contributed by atoms with Crippen molar-refractivity contribution in [3.8, 4) is 5.75 Å². The van der Waals surface area contributed by atoms with E-state index in [1.54, 1.807) is 65.8 Å². The average molecular weight is 769 g/mol. The minimum Gasteiger partial charge on any atom is -0.497 e. The van der Waals surface area contributed by atoms with Gasteiger partial charge in [-0.15, -0.1) is 11.3 Å². The summed E-state index contributed by atoms with van der Waals surface area (Å²) in [6.07, 6.45) is -0.597. The lowest BCUT2D eigenvalue weighted by molar-refractivity contribution is -0.115. The van der Waals surface area contributed by atoms with E-state index in [1.165, 1.54) is 12.6 Å². The summed E-state index contributed by atoms with van der Waals surface area (Å²) in [5.41, 5.74) is -0.265. The van der Waals surface area contributed by atoms with Crippen LogP contribution in [-0.2, 0) is 30.8 Å². The highest BCUT2D eigenvalue weighted by Gasteiger charge is 2.33. The molecule has 3 rings (SSSR count). The van der Waals surface area contributed by atoms with Crippen molar-refractivity contribution < 1.29 is 46.2 Å². The minimum atomic E-state index is -4.54. The van der Waals surface area contributed by atoms with Crippen LogP contribution in [0.4, 0.5) is 24.7 Å². The maximum absolute atomic E-state index is 15.3. The van der Waals surface area contributed by atoms with Crippen molar-refractivity contribution in [1.29, 1.82) is 0 Å². The Balaban J connectivity index is 1.69. The van der Waals surface area contributed by atoms with Crippen LogP contribution in [0.15, 0.2) is 52.9 Å². The number of thiazole rings is 1. The number of rotatable bonds is 14. The van der Waals surface area contributed by atoms with Gasteiger partial charge in [-0.3, -0.25) is 13.8 Å². The Morgan fingerprint density at radius 3 is 2.24 bits per heavy atom. The van der Waals surface area contributed by atoms with Crippen molar-refractivity contribution in [2.24, 2.45) is 0 Å². The van der Waals surface area contributed by atoms with Crippen LogP contribution < -0.4 is 29.7 Å². The number of nitrogens with zero attached hydrogens (tertiary/aromatic N) is 2. The number of sulfonamides is 1. The number of hydrogen-bond donors (Lipinski definition) is 4. The number of nitrogens with one attached hydrogen (secondary N) is 4. The number of carbonyl (C=O) groups excluding carboxylic acids is 4. The van der Waals surface area contributed by atoms with Gasteiger partial charge in [0.05, 0.1) is 36.3 Å². The number of aromatic nitrogens is 1. The van der Waals surface area contributed by atoms with E-state index in [2.05, 4.69) is 25.7 Å². The van der Waals surface area contributed by atoms with E-state index in [1.807, 2.05) is 0 Å². The lowest BCUT2D eigenvalue weighted by atomic mass is 10.2. The molecule has 0 saturated heterocycles. The zero-order valence-electron chi connectivity index (χ0n) is 29.1. The number of ether oxygens (including phenoxy) is 3. The zero-order valence-corrected chi connectivity index (χ0v) is 31.6. The van der Waals surface area contributed by atoms with E-state index in [-0.39, 0.29) is 29.5 Å². The first-order valence-corrected chi connectivity index (χ1v) is 18.6. The predicted molar refractivity (Wildman–Crippen MR) is 192 cm³/mol. The Bertz CT molecular complexity index is 1810. The Kier molecular flexibility index (Phi) is 14.0. The molecule has 0 spiro atoms. The van der Waals surface area contributed by atoms with Crippen molar-refractivity contribution in [2.45, 2.75) is 64.2 Å². The van der Waals surface area contributed by atoms with Gasteiger partial charge in [-0.2, -0.15) is 0 Å². The Morgan fingerprint density at radius 1 is 0.961 bits per heavy atom. The zero-order chi connectivity index (χ0) is 38.0. The van der Waals surface area contributed by atoms with Gasteiger partial charge < -0.3 is 30.2 Å². The van der Waals surface area contributed by atoms with E-state index in [0.29, 0.717) is 17.1 Å². The lowest BCUT2D eigenvalue weighted by Gasteiger charge is -2.25. The number of hydrogen-bond acceptors (Lipinski definition) is 12. The molecule has 0 fully saturated rings. The van der Waals surface area contributed by atoms with Gasteiger partial charge >= 0.3 is 18.1 Å². The van der Waals surface area contributed by atoms with Crippen molar-refractivity contribution in [3.63, 3.8) is 0 Å². The highest BCUT2D eigenvalue weighted by atomic mass is 32.2. The second-order valence-corrected chi connectivity index (χ2v) is 16.2. The second-order valence-electron chi connectivity index (χ2n) is 12.6. The SMILES string of the molecule is COc1ccc(CN(c2scnc2C(=O)OC(C)(C)C)S(=O)(=O)c2ccc(NC(=O)CNC(=O)NSCCNC(=O)OC(C)(C)C)c(F)c2)cc1. The number of carbonyl (C=O) groups is 4. The molecule has 19 heteroatoms. The molecule has 1 aromatic heterocycles. The van der Waals surface area contributed by atoms with Crippen LogP contribution in [-0.4, -0.2) is 74.6 Å². The molecule has 0 saturated carbocycles. The van der Waals surface area contributed by atoms with Crippen LogP contribution in [0.25, 0.3) is 0 Å². The van der Waals surface area contributed by atoms with Gasteiger partial charge in [0.2, 0.25) is 5.91 Å². The van der Waals surface area contributed by atoms with E-state index >= 15 is 4.39 Å². The van der Waals surface area contributed by atoms with Gasteiger partial charge in [0, 0.05) is 12.3 Å². The number of urea groups is 1. The van der Waals surface area contributed by atoms with Crippen LogP contribution >= 0.6 is 23.3 Å². The molecular weight excluding hydrogens is 728 g/mol. The fourth-order valence-corrected chi connectivity index (χ4v) is 6.95. The maximum atomic E-state index is 15.3. The molecule has 2 aromatic carbocycles. The molecule has 278 valence electrons. The number of halogens is 1. The summed E-state index contributed by atoms with van der Waals surface area (Å²) in [5, 5.41) is 7.09. The molecule has 0 bridgehead atoms. The highest BCUT2D eigenvalue weighted by molar-refractivity contribution is 7.97. The quantitative estimate of drug-likeness (QED) is 0.0974. The average Bonchev–Trinajstić information content (AvgIpc) is 3.52. The predicted octanol–water partition coefficient (Wildman–Crippen LogP) is 5.05. The molecule has 0 aliphatic heterocycles. The Morgan fingerprint density at radius 2 is 1.63 bits per heavy atom. The van der Waals surface area contributed by atoms with Crippen molar-refractivity contribution in [2.75, 3.05) is 35.6 Å². The van der Waals surface area contributed by atoms with Crippen LogP contribution in [0.1, 0.15) is 57.6 Å². The first-order valence-electron chi connectivity index (χ1n) is 15.3. The van der Waals surface area contributed by atoms with E-state index in [4.69, 9.17) is 14.2 Å². The number of anilines is 2. The third-order valence-electron chi connectivity index (χ3n) is 6.10. The Labute approximate surface area is 304 Å². The molecule has 51 heavy (non-hydrogen) atoms. The molecule has 0 radical (unpaired) electrons. The van der Waals surface area contributed by atoms with Gasteiger partial charge in [0.15, 0.2) is 5.69 Å². The molecule has 4 amide bonds. The third-order valence-corrected chi connectivity index (χ3v) is 9.55. The summed E-state index contributed by atoms with van der Waals surface area (Å²) >= 11 is 1.86. The van der Waals surface area contributed by atoms with Crippen LogP contribution in [0, 0.1) is 5.82 Å². The molecule has 0 aliphatic rings. The number of amides is 4. The summed E-state index contributed by atoms with van der Waals surface area (Å²) < 4.78 is 62.6. The molecule has 1 heterocycles. The summed E-state index contributed by atoms with van der Waals surface area (Å²) in [6, 6.07) is 8.77. The number of esters is 1. The molecule has 15 nitrogen and oxygen atoms in total.